The first kappa shape index (κ1) is 9.21. The van der Waals surface area contributed by atoms with Gasteiger partial charge >= 0.3 is 0 Å². The van der Waals surface area contributed by atoms with Crippen molar-refractivity contribution in [2.75, 3.05) is 0 Å². The third kappa shape index (κ3) is 1.30. The summed E-state index contributed by atoms with van der Waals surface area (Å²) >= 11 is 5.84. The van der Waals surface area contributed by atoms with Crippen molar-refractivity contribution in [3.63, 3.8) is 0 Å². The van der Waals surface area contributed by atoms with E-state index in [1.54, 1.807) is 18.5 Å². The van der Waals surface area contributed by atoms with Gasteiger partial charge in [-0.1, -0.05) is 18.5 Å². The molecular formula is C10H9ClN2O. The topological polar surface area (TPSA) is 45.8 Å². The average molecular weight is 209 g/mol. The van der Waals surface area contributed by atoms with Crippen molar-refractivity contribution in [3.8, 4) is 0 Å². The molecule has 2 aromatic rings. The number of hydrogen-bond acceptors (Lipinski definition) is 2. The molecule has 1 N–H and O–H groups in total. The Morgan fingerprint density at radius 3 is 3.07 bits per heavy atom. The molecular weight excluding hydrogens is 200 g/mol. The molecule has 72 valence electrons. The van der Waals surface area contributed by atoms with Crippen molar-refractivity contribution in [1.29, 1.82) is 0 Å². The molecule has 2 rings (SSSR count). The fourth-order valence-electron chi connectivity index (χ4n) is 1.42. The molecule has 0 fully saturated rings. The van der Waals surface area contributed by atoms with Gasteiger partial charge in [0.05, 0.1) is 10.9 Å². The molecule has 0 unspecified atom stereocenters. The minimum atomic E-state index is 0.0329. The normalized spacial score (nSPS) is 10.7. The van der Waals surface area contributed by atoms with Crippen molar-refractivity contribution in [3.05, 3.63) is 39.4 Å². The lowest BCUT2D eigenvalue weighted by Gasteiger charge is -2.01. The first-order valence-electron chi connectivity index (χ1n) is 4.38. The molecule has 0 aromatic carbocycles. The van der Waals surface area contributed by atoms with Crippen LogP contribution in [-0.4, -0.2) is 9.97 Å². The van der Waals surface area contributed by atoms with E-state index in [2.05, 4.69) is 9.97 Å². The van der Waals surface area contributed by atoms with E-state index in [0.29, 0.717) is 22.5 Å². The van der Waals surface area contributed by atoms with Gasteiger partial charge in [0.2, 0.25) is 0 Å². The van der Waals surface area contributed by atoms with Gasteiger partial charge in [0, 0.05) is 18.0 Å². The summed E-state index contributed by atoms with van der Waals surface area (Å²) in [6.07, 6.45) is 3.95. The summed E-state index contributed by atoms with van der Waals surface area (Å²) in [5.41, 5.74) is 1.40. The maximum Gasteiger partial charge on any atom is 0.192 e. The first-order valence-corrected chi connectivity index (χ1v) is 4.76. The largest absolute Gasteiger partial charge is 0.358 e. The zero-order valence-electron chi connectivity index (χ0n) is 7.67. The molecule has 0 saturated heterocycles. The average Bonchev–Trinajstić information content (AvgIpc) is 2.20. The SMILES string of the molecule is CCc1c[nH]c2c(Cl)nccc2c1=O. The van der Waals surface area contributed by atoms with Gasteiger partial charge in [0.25, 0.3) is 0 Å². The number of fused-ring (bicyclic) bond motifs is 1. The molecule has 2 aromatic heterocycles. The maximum absolute atomic E-state index is 11.8. The molecule has 2 heterocycles. The third-order valence-electron chi connectivity index (χ3n) is 2.21. The highest BCUT2D eigenvalue weighted by Crippen LogP contribution is 2.15. The Morgan fingerprint density at radius 1 is 1.57 bits per heavy atom. The smallest absolute Gasteiger partial charge is 0.192 e. The number of H-pyrrole nitrogens is 1. The third-order valence-corrected chi connectivity index (χ3v) is 2.50. The van der Waals surface area contributed by atoms with Gasteiger partial charge < -0.3 is 4.98 Å². The number of pyridine rings is 2. The molecule has 14 heavy (non-hydrogen) atoms. The Kier molecular flexibility index (Phi) is 2.25. The Hall–Kier alpha value is -1.35. The Labute approximate surface area is 85.7 Å². The molecule has 0 radical (unpaired) electrons. The fourth-order valence-corrected chi connectivity index (χ4v) is 1.64. The molecule has 4 heteroatoms. The van der Waals surface area contributed by atoms with E-state index in [1.807, 2.05) is 6.92 Å². The van der Waals surface area contributed by atoms with Crippen LogP contribution in [0.4, 0.5) is 0 Å². The van der Waals surface area contributed by atoms with Crippen LogP contribution in [0.25, 0.3) is 10.9 Å². The van der Waals surface area contributed by atoms with Gasteiger partial charge in [-0.25, -0.2) is 4.98 Å². The Morgan fingerprint density at radius 2 is 2.36 bits per heavy atom. The first-order chi connectivity index (χ1) is 6.74. The molecule has 0 bridgehead atoms. The highest BCUT2D eigenvalue weighted by atomic mass is 35.5. The van der Waals surface area contributed by atoms with E-state index >= 15 is 0 Å². The summed E-state index contributed by atoms with van der Waals surface area (Å²) < 4.78 is 0. The number of halogens is 1. The predicted octanol–water partition coefficient (Wildman–Crippen LogP) is 2.14. The van der Waals surface area contributed by atoms with E-state index in [9.17, 15) is 4.79 Å². The second kappa shape index (κ2) is 3.42. The highest BCUT2D eigenvalue weighted by molar-refractivity contribution is 6.33. The van der Waals surface area contributed by atoms with Crippen LogP contribution in [0.1, 0.15) is 12.5 Å². The molecule has 0 spiro atoms. The summed E-state index contributed by atoms with van der Waals surface area (Å²) in [6, 6.07) is 1.68. The maximum atomic E-state index is 11.8. The molecule has 0 aliphatic heterocycles. The number of hydrogen-bond donors (Lipinski definition) is 1. The zero-order chi connectivity index (χ0) is 10.1. The number of nitrogens with zero attached hydrogens (tertiary/aromatic N) is 1. The van der Waals surface area contributed by atoms with Crippen molar-refractivity contribution in [2.45, 2.75) is 13.3 Å². The van der Waals surface area contributed by atoms with Crippen molar-refractivity contribution >= 4 is 22.5 Å². The van der Waals surface area contributed by atoms with Crippen molar-refractivity contribution < 1.29 is 0 Å². The van der Waals surface area contributed by atoms with Crippen molar-refractivity contribution in [1.82, 2.24) is 9.97 Å². The standard InChI is InChI=1S/C10H9ClN2O/c1-2-6-5-13-8-7(9(6)14)3-4-12-10(8)11/h3-5H,2H2,1H3,(H,13,14). The predicted molar refractivity (Wildman–Crippen MR) is 56.8 cm³/mol. The van der Waals surface area contributed by atoms with Crippen LogP contribution in [0.5, 0.6) is 0 Å². The quantitative estimate of drug-likeness (QED) is 0.730. The van der Waals surface area contributed by atoms with E-state index in [4.69, 9.17) is 11.6 Å². The van der Waals surface area contributed by atoms with Crippen LogP contribution < -0.4 is 5.43 Å². The number of aromatic amines is 1. The van der Waals surface area contributed by atoms with Gasteiger partial charge in [0.1, 0.15) is 0 Å². The lowest BCUT2D eigenvalue weighted by atomic mass is 10.1. The summed E-state index contributed by atoms with van der Waals surface area (Å²) in [4.78, 5) is 18.7. The van der Waals surface area contributed by atoms with Crippen LogP contribution >= 0.6 is 11.6 Å². The second-order valence-electron chi connectivity index (χ2n) is 3.02. The van der Waals surface area contributed by atoms with Gasteiger partial charge in [0.15, 0.2) is 10.6 Å². The molecule has 0 saturated carbocycles. The highest BCUT2D eigenvalue weighted by Gasteiger charge is 2.05. The van der Waals surface area contributed by atoms with E-state index in [1.165, 1.54) is 0 Å². The van der Waals surface area contributed by atoms with Crippen LogP contribution in [0.3, 0.4) is 0 Å². The lowest BCUT2D eigenvalue weighted by molar-refractivity contribution is 1.10. The van der Waals surface area contributed by atoms with Crippen LogP contribution in [-0.2, 0) is 6.42 Å². The number of aromatic nitrogens is 2. The van der Waals surface area contributed by atoms with Gasteiger partial charge in [-0.3, -0.25) is 4.79 Å². The van der Waals surface area contributed by atoms with Crippen LogP contribution in [0.2, 0.25) is 5.15 Å². The summed E-state index contributed by atoms with van der Waals surface area (Å²) in [5, 5.41) is 0.937. The van der Waals surface area contributed by atoms with Gasteiger partial charge in [-0.05, 0) is 12.5 Å². The zero-order valence-corrected chi connectivity index (χ0v) is 8.43. The number of rotatable bonds is 1. The second-order valence-corrected chi connectivity index (χ2v) is 3.38. The minimum absolute atomic E-state index is 0.0329. The minimum Gasteiger partial charge on any atom is -0.358 e. The lowest BCUT2D eigenvalue weighted by Crippen LogP contribution is -2.09. The van der Waals surface area contributed by atoms with E-state index in [0.717, 1.165) is 5.56 Å². The summed E-state index contributed by atoms with van der Waals surface area (Å²) in [5.74, 6) is 0. The summed E-state index contributed by atoms with van der Waals surface area (Å²) in [7, 11) is 0. The van der Waals surface area contributed by atoms with Gasteiger partial charge in [-0.2, -0.15) is 0 Å². The Bertz CT molecular complexity index is 533. The van der Waals surface area contributed by atoms with E-state index in [-0.39, 0.29) is 5.43 Å². The van der Waals surface area contributed by atoms with Crippen molar-refractivity contribution in [2.24, 2.45) is 0 Å². The number of aryl methyl sites for hydroxylation is 1. The summed E-state index contributed by atoms with van der Waals surface area (Å²) in [6.45, 7) is 1.94. The molecule has 0 atom stereocenters. The molecule has 0 aliphatic carbocycles. The van der Waals surface area contributed by atoms with Crippen LogP contribution in [0, 0.1) is 0 Å². The monoisotopic (exact) mass is 208 g/mol. The molecule has 0 aliphatic rings. The fraction of sp³-hybridized carbons (Fsp3) is 0.200. The van der Waals surface area contributed by atoms with Gasteiger partial charge in [-0.15, -0.1) is 0 Å². The van der Waals surface area contributed by atoms with E-state index < -0.39 is 0 Å². The Balaban J connectivity index is 2.91. The molecule has 0 amide bonds. The molecule has 3 nitrogen and oxygen atoms in total. The number of nitrogens with one attached hydrogen (secondary N) is 1. The van der Waals surface area contributed by atoms with Crippen LogP contribution in [0.15, 0.2) is 23.3 Å².